The summed E-state index contributed by atoms with van der Waals surface area (Å²) in [5, 5.41) is 0.519. The predicted octanol–water partition coefficient (Wildman–Crippen LogP) is 2.33. The highest BCUT2D eigenvalue weighted by Gasteiger charge is 2.33. The summed E-state index contributed by atoms with van der Waals surface area (Å²) >= 11 is 0.726. The monoisotopic (exact) mass is 279 g/mol. The zero-order valence-corrected chi connectivity index (χ0v) is 10.9. The number of aromatic nitrogens is 1. The minimum atomic E-state index is -4.28. The molecule has 2 rings (SSSR count). The van der Waals surface area contributed by atoms with Crippen molar-refractivity contribution in [2.75, 3.05) is 13.1 Å². The van der Waals surface area contributed by atoms with Crippen LogP contribution in [0.1, 0.15) is 23.2 Å². The molecule has 18 heavy (non-hydrogen) atoms. The van der Waals surface area contributed by atoms with Gasteiger partial charge in [0.1, 0.15) is 9.88 Å². The second-order valence-corrected chi connectivity index (χ2v) is 5.90. The van der Waals surface area contributed by atoms with Crippen LogP contribution in [0.25, 0.3) is 0 Å². The first-order chi connectivity index (χ1) is 8.36. The molecule has 1 fully saturated rings. The van der Waals surface area contributed by atoms with Crippen molar-refractivity contribution in [2.45, 2.75) is 32.1 Å². The highest BCUT2D eigenvalue weighted by atomic mass is 32.1. The topological polar surface area (TPSA) is 42.2 Å². The zero-order chi connectivity index (χ0) is 13.3. The van der Waals surface area contributed by atoms with Gasteiger partial charge in [-0.1, -0.05) is 6.92 Å². The molecule has 102 valence electrons. The van der Waals surface area contributed by atoms with Crippen LogP contribution in [0.2, 0.25) is 0 Å². The van der Waals surface area contributed by atoms with Crippen molar-refractivity contribution in [3.63, 3.8) is 0 Å². The number of rotatable bonds is 2. The van der Waals surface area contributed by atoms with E-state index in [2.05, 4.69) is 16.8 Å². The highest BCUT2D eigenvalue weighted by molar-refractivity contribution is 7.11. The van der Waals surface area contributed by atoms with E-state index in [0.717, 1.165) is 37.0 Å². The molecule has 1 saturated heterocycles. The highest BCUT2D eigenvalue weighted by Crippen LogP contribution is 2.33. The average molecular weight is 279 g/mol. The first kappa shape index (κ1) is 13.8. The second-order valence-electron chi connectivity index (χ2n) is 4.78. The Bertz CT molecular complexity index is 404. The number of nitrogens with two attached hydrogens (primary N) is 1. The smallest absolute Gasteiger partial charge is 0.327 e. The van der Waals surface area contributed by atoms with Crippen LogP contribution in [0.5, 0.6) is 0 Å². The molecule has 1 aromatic heterocycles. The molecule has 3 nitrogen and oxygen atoms in total. The summed E-state index contributed by atoms with van der Waals surface area (Å²) in [6.45, 7) is 4.20. The van der Waals surface area contributed by atoms with Crippen LogP contribution >= 0.6 is 11.3 Å². The van der Waals surface area contributed by atoms with E-state index >= 15 is 0 Å². The molecule has 0 bridgehead atoms. The van der Waals surface area contributed by atoms with Gasteiger partial charge in [0.15, 0.2) is 0 Å². The molecule has 1 aromatic rings. The van der Waals surface area contributed by atoms with Crippen molar-refractivity contribution in [1.29, 1.82) is 0 Å². The molecule has 0 amide bonds. The van der Waals surface area contributed by atoms with E-state index in [1.165, 1.54) is 0 Å². The fourth-order valence-corrected chi connectivity index (χ4v) is 2.93. The molecule has 2 atom stereocenters. The van der Waals surface area contributed by atoms with Gasteiger partial charge in [-0.15, -0.1) is 11.3 Å². The van der Waals surface area contributed by atoms with Gasteiger partial charge < -0.3 is 5.73 Å². The van der Waals surface area contributed by atoms with Gasteiger partial charge in [0.2, 0.25) is 0 Å². The van der Waals surface area contributed by atoms with Crippen LogP contribution in [-0.2, 0) is 12.7 Å². The number of thiazole rings is 1. The van der Waals surface area contributed by atoms with Crippen LogP contribution in [-0.4, -0.2) is 29.0 Å². The second kappa shape index (κ2) is 5.14. The van der Waals surface area contributed by atoms with Gasteiger partial charge in [-0.2, -0.15) is 13.2 Å². The Morgan fingerprint density at radius 2 is 2.28 bits per heavy atom. The van der Waals surface area contributed by atoms with E-state index < -0.39 is 11.1 Å². The van der Waals surface area contributed by atoms with E-state index in [4.69, 9.17) is 5.73 Å². The lowest BCUT2D eigenvalue weighted by molar-refractivity contribution is -0.134. The maximum atomic E-state index is 12.4. The standard InChI is InChI=1S/C11H16F3N3S/c1-7-5-17(3-2-8(7)15)6-10-16-4-9(18-10)11(12,13)14/h4,7-8H,2-3,5-6,15H2,1H3. The van der Waals surface area contributed by atoms with E-state index in [1.54, 1.807) is 0 Å². The molecule has 0 saturated carbocycles. The predicted molar refractivity (Wildman–Crippen MR) is 64.1 cm³/mol. The van der Waals surface area contributed by atoms with E-state index in [-0.39, 0.29) is 6.04 Å². The third kappa shape index (κ3) is 3.21. The fourth-order valence-electron chi connectivity index (χ4n) is 2.10. The number of hydrogen-bond acceptors (Lipinski definition) is 4. The quantitative estimate of drug-likeness (QED) is 0.903. The SMILES string of the molecule is CC1CN(Cc2ncc(C(F)(F)F)s2)CCC1N. The van der Waals surface area contributed by atoms with Gasteiger partial charge in [0.25, 0.3) is 0 Å². The molecule has 2 N–H and O–H groups in total. The number of piperidine rings is 1. The Hall–Kier alpha value is -0.660. The van der Waals surface area contributed by atoms with Gasteiger partial charge >= 0.3 is 6.18 Å². The molecule has 1 aliphatic heterocycles. The number of hydrogen-bond donors (Lipinski definition) is 1. The number of nitrogens with zero attached hydrogens (tertiary/aromatic N) is 2. The summed E-state index contributed by atoms with van der Waals surface area (Å²) in [6.07, 6.45) is -2.48. The van der Waals surface area contributed by atoms with Crippen LogP contribution in [0, 0.1) is 5.92 Å². The summed E-state index contributed by atoms with van der Waals surface area (Å²) in [6, 6.07) is 0.197. The Morgan fingerprint density at radius 3 is 2.83 bits per heavy atom. The molecule has 0 aromatic carbocycles. The molecular weight excluding hydrogens is 263 g/mol. The lowest BCUT2D eigenvalue weighted by atomic mass is 9.95. The fraction of sp³-hybridized carbons (Fsp3) is 0.727. The summed E-state index contributed by atoms with van der Waals surface area (Å²) in [7, 11) is 0. The molecule has 2 heterocycles. The van der Waals surface area contributed by atoms with Gasteiger partial charge in [0, 0.05) is 19.1 Å². The number of likely N-dealkylation sites (tertiary alicyclic amines) is 1. The molecule has 2 unspecified atom stereocenters. The third-order valence-corrected chi connectivity index (χ3v) is 4.27. The van der Waals surface area contributed by atoms with E-state index in [9.17, 15) is 13.2 Å². The first-order valence-corrected chi connectivity index (χ1v) is 6.67. The van der Waals surface area contributed by atoms with Crippen LogP contribution < -0.4 is 5.73 Å². The zero-order valence-electron chi connectivity index (χ0n) is 10.1. The minimum Gasteiger partial charge on any atom is -0.327 e. The van der Waals surface area contributed by atoms with Crippen molar-refractivity contribution in [1.82, 2.24) is 9.88 Å². The molecule has 7 heteroatoms. The Morgan fingerprint density at radius 1 is 1.56 bits per heavy atom. The maximum absolute atomic E-state index is 12.4. The lowest BCUT2D eigenvalue weighted by Crippen LogP contribution is -2.45. The lowest BCUT2D eigenvalue weighted by Gasteiger charge is -2.34. The van der Waals surface area contributed by atoms with E-state index in [1.807, 2.05) is 0 Å². The minimum absolute atomic E-state index is 0.197. The van der Waals surface area contributed by atoms with Gasteiger partial charge in [-0.3, -0.25) is 4.90 Å². The normalized spacial score (nSPS) is 26.5. The van der Waals surface area contributed by atoms with Gasteiger partial charge in [0.05, 0.1) is 12.7 Å². The summed E-state index contributed by atoms with van der Waals surface area (Å²) in [5.41, 5.74) is 5.91. The van der Waals surface area contributed by atoms with Gasteiger partial charge in [-0.25, -0.2) is 4.98 Å². The molecule has 1 aliphatic rings. The van der Waals surface area contributed by atoms with Crippen LogP contribution in [0.4, 0.5) is 13.2 Å². The Labute approximate surface area is 108 Å². The van der Waals surface area contributed by atoms with Crippen molar-refractivity contribution < 1.29 is 13.2 Å². The molecule has 0 radical (unpaired) electrons. The van der Waals surface area contributed by atoms with Crippen molar-refractivity contribution in [3.05, 3.63) is 16.1 Å². The summed E-state index contributed by atoms with van der Waals surface area (Å²) in [4.78, 5) is 5.34. The van der Waals surface area contributed by atoms with Crippen LogP contribution in [0.3, 0.4) is 0 Å². The Kier molecular flexibility index (Phi) is 3.93. The number of alkyl halides is 3. The largest absolute Gasteiger partial charge is 0.427 e. The maximum Gasteiger partial charge on any atom is 0.427 e. The van der Waals surface area contributed by atoms with E-state index in [0.29, 0.717) is 17.5 Å². The summed E-state index contributed by atoms with van der Waals surface area (Å²) in [5.74, 6) is 0.376. The van der Waals surface area contributed by atoms with Crippen LogP contribution in [0.15, 0.2) is 6.20 Å². The molecular formula is C11H16F3N3S. The van der Waals surface area contributed by atoms with Gasteiger partial charge in [-0.05, 0) is 12.3 Å². The van der Waals surface area contributed by atoms with Crippen molar-refractivity contribution in [3.8, 4) is 0 Å². The average Bonchev–Trinajstić information content (AvgIpc) is 2.72. The van der Waals surface area contributed by atoms with Crippen molar-refractivity contribution >= 4 is 11.3 Å². The molecule has 0 aliphatic carbocycles. The number of halogens is 3. The first-order valence-electron chi connectivity index (χ1n) is 5.86. The molecule has 0 spiro atoms. The third-order valence-electron chi connectivity index (χ3n) is 3.25. The Balaban J connectivity index is 1.96. The summed E-state index contributed by atoms with van der Waals surface area (Å²) < 4.78 is 37.3. The van der Waals surface area contributed by atoms with Crippen molar-refractivity contribution in [2.24, 2.45) is 11.7 Å².